The second-order valence-corrected chi connectivity index (χ2v) is 10.6. The molecule has 3 unspecified atom stereocenters. The van der Waals surface area contributed by atoms with Gasteiger partial charge in [-0.1, -0.05) is 81.8 Å². The number of carbonyl (C=O) groups is 1. The lowest BCUT2D eigenvalue weighted by atomic mass is 9.93. The number of hydrogen-bond donors (Lipinski definition) is 0. The van der Waals surface area contributed by atoms with Crippen molar-refractivity contribution >= 4 is 23.9 Å². The van der Waals surface area contributed by atoms with E-state index < -0.39 is 7.37 Å². The molecule has 0 radical (unpaired) electrons. The topological polar surface area (TPSA) is 52.6 Å². The predicted molar refractivity (Wildman–Crippen MR) is 135 cm³/mol. The molecule has 33 heavy (non-hydrogen) atoms. The smallest absolute Gasteiger partial charge is 0.338 e. The molecule has 3 aromatic rings. The highest BCUT2D eigenvalue weighted by Crippen LogP contribution is 2.47. The fraction of sp³-hybridized carbons (Fsp3) is 0.321. The molecule has 0 spiro atoms. The van der Waals surface area contributed by atoms with Gasteiger partial charge in [0, 0.05) is 16.5 Å². The molecule has 3 aromatic carbocycles. The van der Waals surface area contributed by atoms with Crippen molar-refractivity contribution in [3.05, 3.63) is 96.6 Å². The predicted octanol–water partition coefficient (Wildman–Crippen LogP) is 6.37. The van der Waals surface area contributed by atoms with Crippen LogP contribution in [0.15, 0.2) is 91.0 Å². The minimum atomic E-state index is -3.34. The largest absolute Gasteiger partial charge is 0.458 e. The van der Waals surface area contributed by atoms with Gasteiger partial charge in [-0.3, -0.25) is 4.57 Å². The van der Waals surface area contributed by atoms with E-state index >= 15 is 0 Å². The Labute approximate surface area is 197 Å². The molecule has 0 bridgehead atoms. The maximum atomic E-state index is 14.4. The lowest BCUT2D eigenvalue weighted by Gasteiger charge is -2.33. The normalized spacial score (nSPS) is 14.3. The molecule has 174 valence electrons. The van der Waals surface area contributed by atoms with E-state index in [0.29, 0.717) is 29.0 Å². The summed E-state index contributed by atoms with van der Waals surface area (Å²) in [6.45, 7) is 6.10. The van der Waals surface area contributed by atoms with Crippen LogP contribution in [-0.4, -0.2) is 18.2 Å². The zero-order valence-electron chi connectivity index (χ0n) is 19.6. The van der Waals surface area contributed by atoms with E-state index in [4.69, 9.17) is 9.26 Å². The molecule has 0 amide bonds. The van der Waals surface area contributed by atoms with E-state index in [1.807, 2.05) is 92.7 Å². The zero-order valence-corrected chi connectivity index (χ0v) is 20.5. The lowest BCUT2D eigenvalue weighted by molar-refractivity contribution is -0.00998. The molecule has 0 saturated heterocycles. The van der Waals surface area contributed by atoms with Crippen LogP contribution in [0.3, 0.4) is 0 Å². The summed E-state index contributed by atoms with van der Waals surface area (Å²) in [5.41, 5.74) is 0.527. The van der Waals surface area contributed by atoms with Gasteiger partial charge in [0.05, 0.1) is 11.7 Å². The number of ether oxygens (including phenoxy) is 1. The van der Waals surface area contributed by atoms with Crippen LogP contribution in [0, 0.1) is 5.92 Å². The standard InChI is InChI=1S/C28H33O4P/c1-4-15-27(31-28(29)23-16-9-6-10-17-23)22(3)26(5-2)32-33(30,24-18-11-7-12-19-24)25-20-13-8-14-21-25/h6-14,16-22,26-27H,4-5,15H2,1-3H3. The van der Waals surface area contributed by atoms with Crippen LogP contribution in [-0.2, 0) is 13.8 Å². The molecule has 0 aliphatic carbocycles. The highest BCUT2D eigenvalue weighted by molar-refractivity contribution is 7.74. The summed E-state index contributed by atoms with van der Waals surface area (Å²) in [6.07, 6.45) is 1.53. The quantitative estimate of drug-likeness (QED) is 0.244. The number of rotatable bonds is 11. The summed E-state index contributed by atoms with van der Waals surface area (Å²) in [7, 11) is -3.34. The molecule has 4 nitrogen and oxygen atoms in total. The molecule has 3 rings (SSSR count). The van der Waals surface area contributed by atoms with E-state index in [2.05, 4.69) is 6.92 Å². The van der Waals surface area contributed by atoms with Gasteiger partial charge in [0.1, 0.15) is 6.10 Å². The first-order chi connectivity index (χ1) is 16.0. The van der Waals surface area contributed by atoms with Gasteiger partial charge in [-0.15, -0.1) is 0 Å². The molecule has 0 aliphatic rings. The maximum absolute atomic E-state index is 14.4. The molecule has 0 aromatic heterocycles. The van der Waals surface area contributed by atoms with Gasteiger partial charge in [0.15, 0.2) is 0 Å². The molecule has 0 fully saturated rings. The van der Waals surface area contributed by atoms with Gasteiger partial charge in [-0.2, -0.15) is 0 Å². The van der Waals surface area contributed by atoms with Crippen LogP contribution in [0.2, 0.25) is 0 Å². The number of carbonyl (C=O) groups excluding carboxylic acids is 1. The Balaban J connectivity index is 1.88. The molecule has 0 N–H and O–H groups in total. The first-order valence-corrected chi connectivity index (χ1v) is 13.3. The molecular formula is C28H33O4P. The average molecular weight is 465 g/mol. The fourth-order valence-electron chi connectivity index (χ4n) is 3.99. The second-order valence-electron chi connectivity index (χ2n) is 8.23. The van der Waals surface area contributed by atoms with Crippen molar-refractivity contribution in [2.75, 3.05) is 0 Å². The number of esters is 1. The Hall–Kier alpha value is -2.68. The third-order valence-corrected chi connectivity index (χ3v) is 8.42. The molecule has 5 heteroatoms. The SMILES string of the molecule is CCCC(OC(=O)c1ccccc1)C(C)C(CC)OP(=O)(c1ccccc1)c1ccccc1. The fourth-order valence-corrected chi connectivity index (χ4v) is 6.38. The Morgan fingerprint density at radius 1 is 0.788 bits per heavy atom. The Morgan fingerprint density at radius 2 is 1.27 bits per heavy atom. The number of hydrogen-bond acceptors (Lipinski definition) is 4. The monoisotopic (exact) mass is 464 g/mol. The third-order valence-electron chi connectivity index (χ3n) is 5.89. The Bertz CT molecular complexity index is 994. The van der Waals surface area contributed by atoms with E-state index in [1.165, 1.54) is 0 Å². The summed E-state index contributed by atoms with van der Waals surface area (Å²) in [5.74, 6) is -0.478. The average Bonchev–Trinajstić information content (AvgIpc) is 2.88. The zero-order chi connectivity index (χ0) is 23.7. The number of benzene rings is 3. The minimum absolute atomic E-state index is 0.136. The third kappa shape index (κ3) is 6.22. The maximum Gasteiger partial charge on any atom is 0.338 e. The van der Waals surface area contributed by atoms with E-state index in [-0.39, 0.29) is 24.1 Å². The lowest BCUT2D eigenvalue weighted by Crippen LogP contribution is -2.36. The van der Waals surface area contributed by atoms with Crippen LogP contribution in [0.5, 0.6) is 0 Å². The van der Waals surface area contributed by atoms with Gasteiger partial charge in [0.2, 0.25) is 0 Å². The van der Waals surface area contributed by atoms with Gasteiger partial charge >= 0.3 is 5.97 Å². The van der Waals surface area contributed by atoms with Gasteiger partial charge < -0.3 is 9.26 Å². The van der Waals surface area contributed by atoms with Crippen LogP contribution in [0.25, 0.3) is 0 Å². The second kappa shape index (κ2) is 12.0. The molecule has 0 saturated carbocycles. The highest BCUT2D eigenvalue weighted by atomic mass is 31.2. The molecule has 0 aliphatic heterocycles. The summed E-state index contributed by atoms with van der Waals surface area (Å²) >= 11 is 0. The van der Waals surface area contributed by atoms with Gasteiger partial charge in [0.25, 0.3) is 7.37 Å². The highest BCUT2D eigenvalue weighted by Gasteiger charge is 2.36. The van der Waals surface area contributed by atoms with Crippen molar-refractivity contribution in [2.24, 2.45) is 5.92 Å². The van der Waals surface area contributed by atoms with Gasteiger partial charge in [-0.05, 0) is 49.2 Å². The Kier molecular flexibility index (Phi) is 9.05. The molecule has 3 atom stereocenters. The van der Waals surface area contributed by atoms with E-state index in [1.54, 1.807) is 12.1 Å². The molecule has 0 heterocycles. The van der Waals surface area contributed by atoms with Crippen LogP contribution >= 0.6 is 7.37 Å². The van der Waals surface area contributed by atoms with Crippen molar-refractivity contribution in [3.63, 3.8) is 0 Å². The summed E-state index contributed by atoms with van der Waals surface area (Å²) in [4.78, 5) is 12.8. The van der Waals surface area contributed by atoms with Crippen LogP contribution in [0.4, 0.5) is 0 Å². The van der Waals surface area contributed by atoms with E-state index in [9.17, 15) is 9.36 Å². The van der Waals surface area contributed by atoms with Crippen molar-refractivity contribution in [3.8, 4) is 0 Å². The summed E-state index contributed by atoms with van der Waals surface area (Å²) < 4.78 is 26.8. The van der Waals surface area contributed by atoms with Crippen molar-refractivity contribution < 1.29 is 18.6 Å². The Morgan fingerprint density at radius 3 is 1.73 bits per heavy atom. The first kappa shape index (κ1) is 25.0. The van der Waals surface area contributed by atoms with Crippen molar-refractivity contribution in [2.45, 2.75) is 52.2 Å². The van der Waals surface area contributed by atoms with Crippen LogP contribution < -0.4 is 10.6 Å². The van der Waals surface area contributed by atoms with Crippen LogP contribution in [0.1, 0.15) is 50.4 Å². The summed E-state index contributed by atoms with van der Waals surface area (Å²) in [5, 5.41) is 1.32. The summed E-state index contributed by atoms with van der Waals surface area (Å²) in [6, 6.07) is 27.7. The van der Waals surface area contributed by atoms with Crippen molar-refractivity contribution in [1.29, 1.82) is 0 Å². The first-order valence-electron chi connectivity index (χ1n) is 11.6. The minimum Gasteiger partial charge on any atom is -0.458 e. The van der Waals surface area contributed by atoms with Gasteiger partial charge in [-0.25, -0.2) is 4.79 Å². The van der Waals surface area contributed by atoms with E-state index in [0.717, 1.165) is 6.42 Å². The van der Waals surface area contributed by atoms with Crippen molar-refractivity contribution in [1.82, 2.24) is 0 Å². The molecular weight excluding hydrogens is 431 g/mol.